The lowest BCUT2D eigenvalue weighted by molar-refractivity contribution is 0.639. The van der Waals surface area contributed by atoms with Gasteiger partial charge in [-0.1, -0.05) is 24.3 Å². The molecule has 282 valence electrons. The molecule has 4 heterocycles. The molecule has 0 amide bonds. The van der Waals surface area contributed by atoms with Gasteiger partial charge in [0.2, 0.25) is 0 Å². The molecule has 0 atom stereocenters. The van der Waals surface area contributed by atoms with Crippen molar-refractivity contribution in [2.75, 3.05) is 9.80 Å². The minimum absolute atomic E-state index is 0.372. The van der Waals surface area contributed by atoms with E-state index in [4.69, 9.17) is 0 Å². The van der Waals surface area contributed by atoms with Gasteiger partial charge in [0, 0.05) is 101 Å². The first kappa shape index (κ1) is 33.7. The molecule has 0 spiro atoms. The monoisotopic (exact) mass is 780 g/mol. The number of rotatable bonds is 6. The van der Waals surface area contributed by atoms with Crippen molar-refractivity contribution in [3.05, 3.63) is 171 Å². The van der Waals surface area contributed by atoms with Gasteiger partial charge in [0.05, 0.1) is 33.4 Å². The van der Waals surface area contributed by atoms with Gasteiger partial charge < -0.3 is 9.80 Å². The van der Waals surface area contributed by atoms with Crippen LogP contribution in [0.4, 0.5) is 42.9 Å². The molecular formula is C48H26F2N10. The van der Waals surface area contributed by atoms with Crippen molar-refractivity contribution in [1.82, 2.24) is 39.9 Å². The molecule has 0 saturated carbocycles. The largest absolute Gasteiger partial charge is 0.310 e. The van der Waals surface area contributed by atoms with E-state index in [1.807, 2.05) is 94.7 Å². The molecule has 0 aliphatic rings. The van der Waals surface area contributed by atoms with Crippen molar-refractivity contribution in [3.8, 4) is 0 Å². The van der Waals surface area contributed by atoms with Crippen LogP contribution in [-0.4, -0.2) is 39.9 Å². The summed E-state index contributed by atoms with van der Waals surface area (Å²) in [6.45, 7) is 0. The van der Waals surface area contributed by atoms with Crippen LogP contribution in [-0.2, 0) is 0 Å². The van der Waals surface area contributed by atoms with Crippen molar-refractivity contribution in [2.45, 2.75) is 0 Å². The molecule has 10 nitrogen and oxygen atoms in total. The maximum absolute atomic E-state index is 17.0. The van der Waals surface area contributed by atoms with Crippen LogP contribution in [0.2, 0.25) is 0 Å². The van der Waals surface area contributed by atoms with Gasteiger partial charge in [0.1, 0.15) is 36.9 Å². The van der Waals surface area contributed by atoms with Gasteiger partial charge in [0.25, 0.3) is 0 Å². The van der Waals surface area contributed by atoms with Gasteiger partial charge in [-0.25, -0.2) is 48.7 Å². The third-order valence-electron chi connectivity index (χ3n) is 11.2. The smallest absolute Gasteiger partial charge is 0.133 e. The number of nitrogens with zero attached hydrogens (tertiary/aromatic N) is 10. The van der Waals surface area contributed by atoms with Crippen molar-refractivity contribution in [2.24, 2.45) is 0 Å². The van der Waals surface area contributed by atoms with Crippen molar-refractivity contribution in [1.29, 1.82) is 0 Å². The molecule has 0 bridgehead atoms. The normalized spacial score (nSPS) is 11.8. The molecule has 60 heavy (non-hydrogen) atoms. The Morgan fingerprint density at radius 3 is 0.950 bits per heavy atom. The quantitative estimate of drug-likeness (QED) is 0.151. The van der Waals surface area contributed by atoms with Crippen molar-refractivity contribution in [3.63, 3.8) is 0 Å². The van der Waals surface area contributed by atoms with Gasteiger partial charge >= 0.3 is 0 Å². The van der Waals surface area contributed by atoms with Crippen LogP contribution < -0.4 is 9.80 Å². The molecule has 0 fully saturated rings. The molecule has 8 aromatic carbocycles. The number of hydrogen-bond donors (Lipinski definition) is 0. The van der Waals surface area contributed by atoms with Gasteiger partial charge in [-0.15, -0.1) is 0 Å². The first-order chi connectivity index (χ1) is 29.6. The Morgan fingerprint density at radius 1 is 0.333 bits per heavy atom. The zero-order chi connectivity index (χ0) is 39.9. The number of benzene rings is 8. The van der Waals surface area contributed by atoms with E-state index in [1.54, 1.807) is 49.1 Å². The molecular weight excluding hydrogens is 755 g/mol. The second-order valence-corrected chi connectivity index (χ2v) is 14.6. The van der Waals surface area contributed by atoms with Crippen molar-refractivity contribution >= 4 is 110 Å². The standard InChI is InChI=1S/C48H26F2N10/c49-39-17-45(59(31-5-1-27-19-51-23-55-41(27)13-31)32-6-2-28-20-52-24-56-42(28)14-32)37-11-9-36-40(50)18-46(38-12-10-35(39)47(37)48(36)38)60(33-7-3-29-21-53-25-57-43(29)15-33)34-8-4-30-22-54-26-58-44(30)16-34/h1-26H. The minimum atomic E-state index is -0.450. The van der Waals surface area contributed by atoms with Crippen LogP contribution in [0.5, 0.6) is 0 Å². The van der Waals surface area contributed by atoms with E-state index in [1.165, 1.54) is 25.3 Å². The molecule has 12 aromatic rings. The van der Waals surface area contributed by atoms with E-state index < -0.39 is 11.6 Å². The maximum atomic E-state index is 17.0. The second kappa shape index (κ2) is 13.1. The van der Waals surface area contributed by atoms with E-state index in [-0.39, 0.29) is 0 Å². The minimum Gasteiger partial charge on any atom is -0.310 e. The number of hydrogen-bond acceptors (Lipinski definition) is 10. The number of halogens is 2. The summed E-state index contributed by atoms with van der Waals surface area (Å²) in [6.07, 6.45) is 13.0. The van der Waals surface area contributed by atoms with Crippen LogP contribution in [0.3, 0.4) is 0 Å². The summed E-state index contributed by atoms with van der Waals surface area (Å²) in [6, 6.07) is 33.9. The van der Waals surface area contributed by atoms with Gasteiger partial charge in [-0.05, 0) is 84.9 Å². The number of fused-ring (bicyclic) bond motifs is 4. The summed E-state index contributed by atoms with van der Waals surface area (Å²) in [5, 5.41) is 6.82. The fraction of sp³-hybridized carbons (Fsp3) is 0. The third-order valence-corrected chi connectivity index (χ3v) is 11.2. The van der Waals surface area contributed by atoms with Crippen LogP contribution in [0.15, 0.2) is 159 Å². The fourth-order valence-corrected chi connectivity index (χ4v) is 8.50. The van der Waals surface area contributed by atoms with Gasteiger partial charge in [0.15, 0.2) is 0 Å². The summed E-state index contributed by atoms with van der Waals surface area (Å²) < 4.78 is 33.9. The zero-order valence-corrected chi connectivity index (χ0v) is 31.2. The lowest BCUT2D eigenvalue weighted by Gasteiger charge is -2.30. The first-order valence-corrected chi connectivity index (χ1v) is 19.0. The van der Waals surface area contributed by atoms with E-state index in [9.17, 15) is 0 Å². The van der Waals surface area contributed by atoms with Crippen LogP contribution in [0.1, 0.15) is 0 Å². The average Bonchev–Trinajstić information content (AvgIpc) is 3.29. The molecule has 12 rings (SSSR count). The Bertz CT molecular complexity index is 3290. The van der Waals surface area contributed by atoms with E-state index in [0.717, 1.165) is 77.1 Å². The second-order valence-electron chi connectivity index (χ2n) is 14.6. The molecule has 0 aliphatic heterocycles. The van der Waals surface area contributed by atoms with Crippen LogP contribution in [0.25, 0.3) is 75.9 Å². The molecule has 12 heteroatoms. The maximum Gasteiger partial charge on any atom is 0.133 e. The summed E-state index contributed by atoms with van der Waals surface area (Å²) in [4.78, 5) is 38.9. The molecule has 0 N–H and O–H groups in total. The fourth-order valence-electron chi connectivity index (χ4n) is 8.50. The first-order valence-electron chi connectivity index (χ1n) is 19.0. The predicted molar refractivity (Wildman–Crippen MR) is 232 cm³/mol. The molecule has 0 radical (unpaired) electrons. The Balaban J connectivity index is 1.15. The van der Waals surface area contributed by atoms with Gasteiger partial charge in [-0.2, -0.15) is 0 Å². The third kappa shape index (κ3) is 5.24. The topological polar surface area (TPSA) is 110 Å². The Kier molecular flexibility index (Phi) is 7.35. The lowest BCUT2D eigenvalue weighted by atomic mass is 9.91. The SMILES string of the molecule is Fc1cc(N(c2ccc3cncnc3c2)c2ccc3cncnc3c2)c2ccc3c(F)cc(N(c4ccc5cncnc5c4)c4ccc5cncnc5c4)c4ccc1c2c34. The summed E-state index contributed by atoms with van der Waals surface area (Å²) in [5.74, 6) is -0.900. The average molecular weight is 781 g/mol. The van der Waals surface area contributed by atoms with Gasteiger partial charge in [-0.3, -0.25) is 0 Å². The molecule has 0 saturated heterocycles. The predicted octanol–water partition coefficient (Wildman–Crippen LogP) is 11.6. The highest BCUT2D eigenvalue weighted by molar-refractivity contribution is 6.28. The Morgan fingerprint density at radius 2 is 0.633 bits per heavy atom. The zero-order valence-electron chi connectivity index (χ0n) is 31.2. The number of aromatic nitrogens is 8. The molecule has 4 aromatic heterocycles. The van der Waals surface area contributed by atoms with E-state index >= 15 is 8.78 Å². The summed E-state index contributed by atoms with van der Waals surface area (Å²) in [5.41, 5.74) is 6.96. The van der Waals surface area contributed by atoms with Crippen LogP contribution in [0, 0.1) is 11.6 Å². The molecule has 0 aliphatic carbocycles. The lowest BCUT2D eigenvalue weighted by Crippen LogP contribution is -2.12. The van der Waals surface area contributed by atoms with Crippen molar-refractivity contribution < 1.29 is 8.78 Å². The van der Waals surface area contributed by atoms with Crippen LogP contribution >= 0.6 is 0 Å². The summed E-state index contributed by atoms with van der Waals surface area (Å²) >= 11 is 0. The Hall–Kier alpha value is -8.38. The molecule has 0 unspecified atom stereocenters. The highest BCUT2D eigenvalue weighted by atomic mass is 19.1. The number of anilines is 6. The van der Waals surface area contributed by atoms with E-state index in [2.05, 4.69) is 39.9 Å². The Labute approximate surface area is 338 Å². The highest BCUT2D eigenvalue weighted by Gasteiger charge is 2.26. The van der Waals surface area contributed by atoms with E-state index in [0.29, 0.717) is 32.9 Å². The summed E-state index contributed by atoms with van der Waals surface area (Å²) in [7, 11) is 0. The highest BCUT2D eigenvalue weighted by Crippen LogP contribution is 2.49.